The van der Waals surface area contributed by atoms with Crippen LogP contribution in [0.4, 0.5) is 0 Å². The predicted octanol–water partition coefficient (Wildman–Crippen LogP) is -0.165. The largest absolute Gasteiger partial charge is 0.383 e. The zero-order valence-electron chi connectivity index (χ0n) is 8.05. The van der Waals surface area contributed by atoms with Crippen LogP contribution in [0.25, 0.3) is 0 Å². The van der Waals surface area contributed by atoms with Crippen molar-refractivity contribution >= 4 is 13.5 Å². The SMILES string of the molecule is CCOP(=O)(O)CCCC(O)C(N)=O. The van der Waals surface area contributed by atoms with Gasteiger partial charge in [0.25, 0.3) is 0 Å². The second kappa shape index (κ2) is 6.14. The van der Waals surface area contributed by atoms with E-state index in [0.29, 0.717) is 0 Å². The number of aliphatic hydroxyl groups excluding tert-OH is 1. The minimum atomic E-state index is -3.54. The summed E-state index contributed by atoms with van der Waals surface area (Å²) in [5.74, 6) is -0.825. The molecule has 0 aromatic rings. The van der Waals surface area contributed by atoms with Crippen LogP contribution in [0.1, 0.15) is 19.8 Å². The summed E-state index contributed by atoms with van der Waals surface area (Å²) < 4.78 is 15.7. The molecule has 0 spiro atoms. The Hall–Kier alpha value is -0.420. The second-order valence-corrected chi connectivity index (χ2v) is 4.82. The topological polar surface area (TPSA) is 110 Å². The molecule has 0 fully saturated rings. The third kappa shape index (κ3) is 6.10. The molecule has 0 saturated carbocycles. The molecule has 0 saturated heterocycles. The van der Waals surface area contributed by atoms with Gasteiger partial charge in [0.2, 0.25) is 5.91 Å². The summed E-state index contributed by atoms with van der Waals surface area (Å²) in [4.78, 5) is 19.5. The van der Waals surface area contributed by atoms with Crippen LogP contribution in [0.2, 0.25) is 0 Å². The van der Waals surface area contributed by atoms with E-state index in [0.717, 1.165) is 0 Å². The molecule has 2 atom stereocenters. The van der Waals surface area contributed by atoms with E-state index < -0.39 is 19.6 Å². The number of aliphatic hydroxyl groups is 1. The van der Waals surface area contributed by atoms with Crippen molar-refractivity contribution in [1.82, 2.24) is 0 Å². The molecule has 0 aliphatic rings. The van der Waals surface area contributed by atoms with Crippen molar-refractivity contribution in [2.24, 2.45) is 5.73 Å². The molecule has 0 radical (unpaired) electrons. The fraction of sp³-hybridized carbons (Fsp3) is 0.857. The molecule has 14 heavy (non-hydrogen) atoms. The molecule has 0 rings (SSSR count). The third-order valence-electron chi connectivity index (χ3n) is 1.58. The number of rotatable bonds is 7. The summed E-state index contributed by atoms with van der Waals surface area (Å²) in [5, 5.41) is 8.97. The molecule has 0 aliphatic heterocycles. The van der Waals surface area contributed by atoms with E-state index in [-0.39, 0.29) is 25.6 Å². The second-order valence-electron chi connectivity index (χ2n) is 2.84. The Kier molecular flexibility index (Phi) is 5.95. The van der Waals surface area contributed by atoms with Crippen LogP contribution < -0.4 is 5.73 Å². The number of nitrogens with two attached hydrogens (primary N) is 1. The monoisotopic (exact) mass is 225 g/mol. The van der Waals surface area contributed by atoms with E-state index in [1.165, 1.54) is 0 Å². The van der Waals surface area contributed by atoms with Gasteiger partial charge in [-0.3, -0.25) is 9.36 Å². The van der Waals surface area contributed by atoms with Crippen LogP contribution in [-0.4, -0.2) is 34.8 Å². The van der Waals surface area contributed by atoms with E-state index in [1.54, 1.807) is 6.92 Å². The quantitative estimate of drug-likeness (QED) is 0.521. The van der Waals surface area contributed by atoms with Crippen molar-refractivity contribution < 1.29 is 23.9 Å². The van der Waals surface area contributed by atoms with Crippen molar-refractivity contribution in [1.29, 1.82) is 0 Å². The summed E-state index contributed by atoms with van der Waals surface area (Å²) >= 11 is 0. The highest BCUT2D eigenvalue weighted by atomic mass is 31.2. The summed E-state index contributed by atoms with van der Waals surface area (Å²) in [6.45, 7) is 1.77. The number of primary amides is 1. The maximum Gasteiger partial charge on any atom is 0.328 e. The Labute approximate surface area is 82.6 Å². The van der Waals surface area contributed by atoms with Gasteiger partial charge in [-0.2, -0.15) is 0 Å². The summed E-state index contributed by atoms with van der Waals surface area (Å²) in [6.07, 6.45) is -1.03. The molecule has 6 nitrogen and oxygen atoms in total. The zero-order valence-corrected chi connectivity index (χ0v) is 8.94. The Morgan fingerprint density at radius 2 is 2.21 bits per heavy atom. The van der Waals surface area contributed by atoms with Gasteiger partial charge in [-0.05, 0) is 19.8 Å². The van der Waals surface area contributed by atoms with E-state index in [9.17, 15) is 9.36 Å². The predicted molar refractivity (Wildman–Crippen MR) is 50.8 cm³/mol. The molecule has 1 amide bonds. The van der Waals surface area contributed by atoms with Gasteiger partial charge in [-0.25, -0.2) is 0 Å². The molecule has 0 heterocycles. The lowest BCUT2D eigenvalue weighted by atomic mass is 10.2. The van der Waals surface area contributed by atoms with Crippen molar-refractivity contribution in [3.05, 3.63) is 0 Å². The van der Waals surface area contributed by atoms with Crippen LogP contribution in [0.15, 0.2) is 0 Å². The van der Waals surface area contributed by atoms with Crippen molar-refractivity contribution in [3.63, 3.8) is 0 Å². The van der Waals surface area contributed by atoms with Crippen molar-refractivity contribution in [2.75, 3.05) is 12.8 Å². The van der Waals surface area contributed by atoms with E-state index in [4.69, 9.17) is 15.7 Å². The summed E-state index contributed by atoms with van der Waals surface area (Å²) in [5.41, 5.74) is 4.79. The minimum Gasteiger partial charge on any atom is -0.383 e. The molecule has 4 N–H and O–H groups in total. The minimum absolute atomic E-state index is 0.0763. The highest BCUT2D eigenvalue weighted by Gasteiger charge is 2.19. The maximum absolute atomic E-state index is 11.1. The van der Waals surface area contributed by atoms with Crippen LogP contribution in [0, 0.1) is 0 Å². The normalized spacial score (nSPS) is 17.4. The van der Waals surface area contributed by atoms with Crippen LogP contribution in [-0.2, 0) is 13.9 Å². The van der Waals surface area contributed by atoms with Crippen molar-refractivity contribution in [3.8, 4) is 0 Å². The molecular formula is C7H16NO5P. The van der Waals surface area contributed by atoms with Gasteiger partial charge in [0.15, 0.2) is 0 Å². The van der Waals surface area contributed by atoms with Gasteiger partial charge in [0.1, 0.15) is 6.10 Å². The van der Waals surface area contributed by atoms with Crippen molar-refractivity contribution in [2.45, 2.75) is 25.9 Å². The first-order valence-electron chi connectivity index (χ1n) is 4.33. The first kappa shape index (κ1) is 13.6. The Morgan fingerprint density at radius 1 is 1.64 bits per heavy atom. The Bertz CT molecular complexity index is 232. The lowest BCUT2D eigenvalue weighted by molar-refractivity contribution is -0.126. The molecule has 0 aromatic carbocycles. The lowest BCUT2D eigenvalue weighted by Gasteiger charge is -2.11. The van der Waals surface area contributed by atoms with Gasteiger partial charge in [-0.1, -0.05) is 0 Å². The molecular weight excluding hydrogens is 209 g/mol. The highest BCUT2D eigenvalue weighted by Crippen LogP contribution is 2.42. The molecule has 0 aromatic heterocycles. The first-order chi connectivity index (χ1) is 6.39. The fourth-order valence-electron chi connectivity index (χ4n) is 0.893. The van der Waals surface area contributed by atoms with Gasteiger partial charge < -0.3 is 20.3 Å². The highest BCUT2D eigenvalue weighted by molar-refractivity contribution is 7.52. The fourth-order valence-corrected chi connectivity index (χ4v) is 2.01. The number of carbonyl (C=O) groups is 1. The van der Waals surface area contributed by atoms with E-state index >= 15 is 0 Å². The standard InChI is InChI=1S/C7H16NO5P/c1-2-13-14(11,12)5-3-4-6(9)7(8)10/h6,9H,2-5H2,1H3,(H2,8,10)(H,11,12). The number of hydrogen-bond acceptors (Lipinski definition) is 4. The smallest absolute Gasteiger partial charge is 0.328 e. The van der Waals surface area contributed by atoms with Crippen LogP contribution >= 0.6 is 7.60 Å². The van der Waals surface area contributed by atoms with Crippen LogP contribution in [0.3, 0.4) is 0 Å². The number of amides is 1. The van der Waals surface area contributed by atoms with E-state index in [1.807, 2.05) is 0 Å². The number of hydrogen-bond donors (Lipinski definition) is 3. The van der Waals surface area contributed by atoms with E-state index in [2.05, 4.69) is 4.52 Å². The Balaban J connectivity index is 3.73. The molecule has 0 aliphatic carbocycles. The van der Waals surface area contributed by atoms with Crippen LogP contribution in [0.5, 0.6) is 0 Å². The first-order valence-corrected chi connectivity index (χ1v) is 6.09. The molecule has 84 valence electrons. The van der Waals surface area contributed by atoms with Gasteiger partial charge >= 0.3 is 7.60 Å². The lowest BCUT2D eigenvalue weighted by Crippen LogP contribution is -2.28. The van der Waals surface area contributed by atoms with Gasteiger partial charge in [0.05, 0.1) is 12.8 Å². The molecule has 7 heteroatoms. The maximum atomic E-state index is 11.1. The average Bonchev–Trinajstić information content (AvgIpc) is 2.03. The third-order valence-corrected chi connectivity index (χ3v) is 3.12. The average molecular weight is 225 g/mol. The zero-order chi connectivity index (χ0) is 11.2. The molecule has 2 unspecified atom stereocenters. The van der Waals surface area contributed by atoms with Gasteiger partial charge in [-0.15, -0.1) is 0 Å². The van der Waals surface area contributed by atoms with Gasteiger partial charge in [0, 0.05) is 0 Å². The summed E-state index contributed by atoms with van der Waals surface area (Å²) in [7, 11) is -3.54. The Morgan fingerprint density at radius 3 is 2.64 bits per heavy atom. The summed E-state index contributed by atoms with van der Waals surface area (Å²) in [6, 6.07) is 0. The molecule has 0 bridgehead atoms. The number of carbonyl (C=O) groups excluding carboxylic acids is 1.